The quantitative estimate of drug-likeness (QED) is 0.756. The van der Waals surface area contributed by atoms with Crippen molar-refractivity contribution in [3.63, 3.8) is 0 Å². The molecule has 1 N–H and O–H groups in total. The van der Waals surface area contributed by atoms with Crippen molar-refractivity contribution in [3.05, 3.63) is 59.5 Å². The third-order valence-corrected chi connectivity index (χ3v) is 5.17. The van der Waals surface area contributed by atoms with Crippen LogP contribution < -0.4 is 5.32 Å². The van der Waals surface area contributed by atoms with E-state index in [9.17, 15) is 4.79 Å². The highest BCUT2D eigenvalue weighted by Crippen LogP contribution is 2.24. The van der Waals surface area contributed by atoms with Gasteiger partial charge in [-0.05, 0) is 44.0 Å². The fraction of sp³-hybridized carbons (Fsp3) is 0.381. The molecule has 0 aliphatic carbocycles. The first kappa shape index (κ1) is 17.7. The number of carbonyl (C=O) groups is 1. The number of hydrogen-bond donors (Lipinski definition) is 1. The van der Waals surface area contributed by atoms with E-state index in [4.69, 9.17) is 4.74 Å². The third kappa shape index (κ3) is 3.57. The predicted molar refractivity (Wildman–Crippen MR) is 104 cm³/mol. The number of pyridine rings is 1. The van der Waals surface area contributed by atoms with Gasteiger partial charge in [0.05, 0.1) is 30.5 Å². The molecule has 4 rings (SSSR count). The van der Waals surface area contributed by atoms with Crippen LogP contribution >= 0.6 is 0 Å². The molecule has 2 atom stereocenters. The summed E-state index contributed by atoms with van der Waals surface area (Å²) < 4.78 is 7.44. The zero-order chi connectivity index (χ0) is 18.8. The average Bonchev–Trinajstić information content (AvgIpc) is 3.28. The van der Waals surface area contributed by atoms with E-state index in [1.54, 1.807) is 4.68 Å². The summed E-state index contributed by atoms with van der Waals surface area (Å²) in [5.41, 5.74) is 3.70. The van der Waals surface area contributed by atoms with E-state index in [1.807, 2.05) is 44.3 Å². The number of aryl methyl sites for hydroxylation is 2. The average molecular weight is 364 g/mol. The van der Waals surface area contributed by atoms with Gasteiger partial charge in [0.2, 0.25) is 0 Å². The molecule has 6 heteroatoms. The molecule has 140 valence electrons. The van der Waals surface area contributed by atoms with Crippen molar-refractivity contribution in [2.75, 3.05) is 13.2 Å². The summed E-state index contributed by atoms with van der Waals surface area (Å²) in [6, 6.07) is 12.0. The van der Waals surface area contributed by atoms with Crippen LogP contribution in [-0.2, 0) is 17.7 Å². The van der Waals surface area contributed by atoms with Crippen LogP contribution in [0.25, 0.3) is 10.9 Å². The lowest BCUT2D eigenvalue weighted by Crippen LogP contribution is -2.41. The molecule has 0 spiro atoms. The minimum absolute atomic E-state index is 0.00932. The van der Waals surface area contributed by atoms with Crippen LogP contribution in [0.5, 0.6) is 0 Å². The van der Waals surface area contributed by atoms with Gasteiger partial charge in [0.1, 0.15) is 5.69 Å². The number of aromatic nitrogens is 3. The maximum Gasteiger partial charge on any atom is 0.269 e. The SMILES string of the molecule is CCn1nc(C)cc1C(=O)NC1COCC1Cc1ccnc2ccccc12. The first-order valence-corrected chi connectivity index (χ1v) is 9.41. The van der Waals surface area contributed by atoms with Gasteiger partial charge in [-0.15, -0.1) is 0 Å². The molecule has 2 aromatic heterocycles. The van der Waals surface area contributed by atoms with Crippen molar-refractivity contribution in [2.24, 2.45) is 5.92 Å². The second-order valence-electron chi connectivity index (χ2n) is 7.06. The van der Waals surface area contributed by atoms with Gasteiger partial charge in [-0.3, -0.25) is 14.5 Å². The largest absolute Gasteiger partial charge is 0.379 e. The highest BCUT2D eigenvalue weighted by atomic mass is 16.5. The van der Waals surface area contributed by atoms with Crippen molar-refractivity contribution in [2.45, 2.75) is 32.9 Å². The third-order valence-electron chi connectivity index (χ3n) is 5.17. The molecule has 3 heterocycles. The summed E-state index contributed by atoms with van der Waals surface area (Å²) >= 11 is 0. The number of hydrogen-bond acceptors (Lipinski definition) is 4. The summed E-state index contributed by atoms with van der Waals surface area (Å²) in [6.45, 7) is 5.74. The Labute approximate surface area is 158 Å². The fourth-order valence-corrected chi connectivity index (χ4v) is 3.79. The molecule has 1 fully saturated rings. The van der Waals surface area contributed by atoms with Crippen molar-refractivity contribution >= 4 is 16.8 Å². The Morgan fingerprint density at radius 3 is 3.00 bits per heavy atom. The normalized spacial score (nSPS) is 19.5. The number of ether oxygens (including phenoxy) is 1. The first-order valence-electron chi connectivity index (χ1n) is 9.41. The van der Waals surface area contributed by atoms with Crippen LogP contribution in [0.2, 0.25) is 0 Å². The molecule has 1 amide bonds. The van der Waals surface area contributed by atoms with E-state index in [0.29, 0.717) is 25.5 Å². The van der Waals surface area contributed by atoms with Crippen LogP contribution in [0.1, 0.15) is 28.7 Å². The number of benzene rings is 1. The van der Waals surface area contributed by atoms with Crippen molar-refractivity contribution in [1.29, 1.82) is 0 Å². The highest BCUT2D eigenvalue weighted by Gasteiger charge is 2.31. The van der Waals surface area contributed by atoms with Gasteiger partial charge in [-0.1, -0.05) is 18.2 Å². The summed E-state index contributed by atoms with van der Waals surface area (Å²) in [6.07, 6.45) is 2.70. The van der Waals surface area contributed by atoms with E-state index < -0.39 is 0 Å². The Kier molecular flexibility index (Phi) is 4.90. The molecule has 1 aliphatic rings. The standard InChI is InChI=1S/C21H24N4O2/c1-3-25-20(10-14(2)24-25)21(26)23-19-13-27-12-16(19)11-15-8-9-22-18-7-5-4-6-17(15)18/h4-10,16,19H,3,11-13H2,1-2H3,(H,23,26). The second kappa shape index (κ2) is 7.48. The van der Waals surface area contributed by atoms with Crippen LogP contribution in [0.4, 0.5) is 0 Å². The van der Waals surface area contributed by atoms with Crippen LogP contribution in [0.3, 0.4) is 0 Å². The van der Waals surface area contributed by atoms with Gasteiger partial charge >= 0.3 is 0 Å². The Morgan fingerprint density at radius 2 is 2.15 bits per heavy atom. The van der Waals surface area contributed by atoms with Crippen molar-refractivity contribution in [1.82, 2.24) is 20.1 Å². The van der Waals surface area contributed by atoms with E-state index in [0.717, 1.165) is 23.0 Å². The lowest BCUT2D eigenvalue weighted by atomic mass is 9.93. The molecule has 27 heavy (non-hydrogen) atoms. The molecule has 1 aromatic carbocycles. The highest BCUT2D eigenvalue weighted by molar-refractivity contribution is 5.93. The topological polar surface area (TPSA) is 69.0 Å². The van der Waals surface area contributed by atoms with E-state index in [2.05, 4.69) is 27.5 Å². The number of nitrogens with one attached hydrogen (secondary N) is 1. The predicted octanol–water partition coefficient (Wildman–Crippen LogP) is 2.75. The number of amides is 1. The molecular weight excluding hydrogens is 340 g/mol. The number of rotatable bonds is 5. The Balaban J connectivity index is 1.51. The number of para-hydroxylation sites is 1. The lowest BCUT2D eigenvalue weighted by molar-refractivity contribution is 0.0914. The molecule has 1 aliphatic heterocycles. The van der Waals surface area contributed by atoms with Gasteiger partial charge in [0.15, 0.2) is 0 Å². The van der Waals surface area contributed by atoms with Crippen LogP contribution in [-0.4, -0.2) is 39.9 Å². The Bertz CT molecular complexity index is 960. The minimum Gasteiger partial charge on any atom is -0.379 e. The van der Waals surface area contributed by atoms with Crippen molar-refractivity contribution < 1.29 is 9.53 Å². The smallest absolute Gasteiger partial charge is 0.269 e. The molecular formula is C21H24N4O2. The first-order chi connectivity index (χ1) is 13.2. The maximum atomic E-state index is 12.8. The van der Waals surface area contributed by atoms with Gasteiger partial charge in [-0.2, -0.15) is 5.10 Å². The zero-order valence-electron chi connectivity index (χ0n) is 15.7. The monoisotopic (exact) mass is 364 g/mol. The maximum absolute atomic E-state index is 12.8. The minimum atomic E-state index is -0.0856. The summed E-state index contributed by atoms with van der Waals surface area (Å²) in [5, 5.41) is 8.69. The van der Waals surface area contributed by atoms with Gasteiger partial charge < -0.3 is 10.1 Å². The molecule has 0 bridgehead atoms. The van der Waals surface area contributed by atoms with E-state index >= 15 is 0 Å². The van der Waals surface area contributed by atoms with Gasteiger partial charge in [-0.25, -0.2) is 0 Å². The molecule has 6 nitrogen and oxygen atoms in total. The van der Waals surface area contributed by atoms with E-state index in [1.165, 1.54) is 5.56 Å². The molecule has 3 aromatic rings. The summed E-state index contributed by atoms with van der Waals surface area (Å²) in [7, 11) is 0. The zero-order valence-corrected chi connectivity index (χ0v) is 15.7. The summed E-state index contributed by atoms with van der Waals surface area (Å²) in [5.74, 6) is 0.149. The molecule has 0 saturated carbocycles. The van der Waals surface area contributed by atoms with Gasteiger partial charge in [0, 0.05) is 24.0 Å². The second-order valence-corrected chi connectivity index (χ2v) is 7.06. The van der Waals surface area contributed by atoms with Crippen LogP contribution in [0.15, 0.2) is 42.6 Å². The Morgan fingerprint density at radius 1 is 1.30 bits per heavy atom. The van der Waals surface area contributed by atoms with E-state index in [-0.39, 0.29) is 17.9 Å². The number of nitrogens with zero attached hydrogens (tertiary/aromatic N) is 3. The van der Waals surface area contributed by atoms with Crippen LogP contribution in [0, 0.1) is 12.8 Å². The molecule has 1 saturated heterocycles. The fourth-order valence-electron chi connectivity index (χ4n) is 3.79. The number of carbonyl (C=O) groups excluding carboxylic acids is 1. The number of fused-ring (bicyclic) bond motifs is 1. The summed E-state index contributed by atoms with van der Waals surface area (Å²) in [4.78, 5) is 17.2. The molecule has 2 unspecified atom stereocenters. The van der Waals surface area contributed by atoms with Gasteiger partial charge in [0.25, 0.3) is 5.91 Å². The Hall–Kier alpha value is -2.73. The molecule has 0 radical (unpaired) electrons. The van der Waals surface area contributed by atoms with Crippen molar-refractivity contribution in [3.8, 4) is 0 Å². The lowest BCUT2D eigenvalue weighted by Gasteiger charge is -2.20.